The van der Waals surface area contributed by atoms with Gasteiger partial charge in [-0.15, -0.1) is 0 Å². The summed E-state index contributed by atoms with van der Waals surface area (Å²) in [4.78, 5) is 0. The van der Waals surface area contributed by atoms with E-state index in [4.69, 9.17) is 0 Å². The van der Waals surface area contributed by atoms with E-state index < -0.39 is 10.0 Å². The Balaban J connectivity index is 2.88. The van der Waals surface area contributed by atoms with Crippen molar-refractivity contribution < 1.29 is 8.78 Å². The maximum atomic E-state index is 13.1. The lowest BCUT2D eigenvalue weighted by Gasteiger charge is -2.22. The minimum absolute atomic E-state index is 0.343. The van der Waals surface area contributed by atoms with Crippen LogP contribution in [0.5, 0.6) is 0 Å². The Morgan fingerprint density at radius 2 is 1.50 bits per heavy atom. The van der Waals surface area contributed by atoms with E-state index in [9.17, 15) is 8.78 Å². The molecule has 0 saturated carbocycles. The van der Waals surface area contributed by atoms with Gasteiger partial charge in [0.1, 0.15) is 3.53 Å². The molecule has 2 atom stereocenters. The zero-order valence-electron chi connectivity index (χ0n) is 5.48. The lowest BCUT2D eigenvalue weighted by Crippen LogP contribution is -2.31. The number of halogens is 2. The fourth-order valence-electron chi connectivity index (χ4n) is 0.516. The SMILES string of the molecule is CC1(F)SC(=S)SC1(C)F. The van der Waals surface area contributed by atoms with Crippen LogP contribution in [0.2, 0.25) is 0 Å². The first-order valence-corrected chi connectivity index (χ1v) is 4.69. The Bertz CT molecular complexity index is 158. The monoisotopic (exact) mass is 200 g/mol. The van der Waals surface area contributed by atoms with Gasteiger partial charge in [0.15, 0.2) is 0 Å². The van der Waals surface area contributed by atoms with Gasteiger partial charge in [-0.05, 0) is 13.8 Å². The summed E-state index contributed by atoms with van der Waals surface area (Å²) in [5, 5.41) is -3.73. The highest BCUT2D eigenvalue weighted by molar-refractivity contribution is 8.50. The summed E-state index contributed by atoms with van der Waals surface area (Å²) in [6, 6.07) is 0. The van der Waals surface area contributed by atoms with Crippen LogP contribution in [0.25, 0.3) is 0 Å². The molecule has 1 aliphatic rings. The van der Waals surface area contributed by atoms with Gasteiger partial charge in [0.2, 0.25) is 10.0 Å². The van der Waals surface area contributed by atoms with E-state index in [0.29, 0.717) is 3.53 Å². The lowest BCUT2D eigenvalue weighted by molar-refractivity contribution is 0.141. The van der Waals surface area contributed by atoms with Gasteiger partial charge in [-0.3, -0.25) is 0 Å². The normalized spacial score (nSPS) is 48.2. The van der Waals surface area contributed by atoms with E-state index in [1.807, 2.05) is 0 Å². The third kappa shape index (κ3) is 1.31. The number of alkyl halides is 2. The molecule has 5 heteroatoms. The predicted octanol–water partition coefficient (Wildman–Crippen LogP) is 3.12. The fourth-order valence-corrected chi connectivity index (χ4v) is 3.80. The highest BCUT2D eigenvalue weighted by atomic mass is 32.2. The van der Waals surface area contributed by atoms with Crippen molar-refractivity contribution in [2.45, 2.75) is 23.8 Å². The van der Waals surface area contributed by atoms with Crippen molar-refractivity contribution in [1.82, 2.24) is 0 Å². The van der Waals surface area contributed by atoms with Crippen LogP contribution in [0.1, 0.15) is 13.8 Å². The largest absolute Gasteiger partial charge is 0.227 e. The third-order valence-electron chi connectivity index (χ3n) is 1.35. The Labute approximate surface area is 72.1 Å². The Kier molecular flexibility index (Phi) is 2.03. The molecule has 58 valence electrons. The van der Waals surface area contributed by atoms with Gasteiger partial charge in [0.25, 0.3) is 0 Å². The van der Waals surface area contributed by atoms with Crippen LogP contribution in [0, 0.1) is 0 Å². The minimum Gasteiger partial charge on any atom is -0.227 e. The molecule has 10 heavy (non-hydrogen) atoms. The zero-order chi connectivity index (χ0) is 7.99. The van der Waals surface area contributed by atoms with Gasteiger partial charge >= 0.3 is 0 Å². The molecule has 0 radical (unpaired) electrons. The van der Waals surface area contributed by atoms with Crippen LogP contribution in [-0.2, 0) is 0 Å². The molecule has 1 fully saturated rings. The van der Waals surface area contributed by atoms with Gasteiger partial charge in [0.05, 0.1) is 0 Å². The molecule has 0 aromatic heterocycles. The molecule has 0 bridgehead atoms. The molecule has 0 nitrogen and oxygen atoms in total. The van der Waals surface area contributed by atoms with Crippen molar-refractivity contribution in [3.05, 3.63) is 0 Å². The van der Waals surface area contributed by atoms with Crippen LogP contribution in [0.4, 0.5) is 8.78 Å². The van der Waals surface area contributed by atoms with E-state index >= 15 is 0 Å². The second kappa shape index (κ2) is 2.32. The van der Waals surface area contributed by atoms with Crippen molar-refractivity contribution in [2.75, 3.05) is 0 Å². The van der Waals surface area contributed by atoms with Gasteiger partial charge in [-0.1, -0.05) is 35.7 Å². The molecule has 2 unspecified atom stereocenters. The first kappa shape index (κ1) is 8.74. The van der Waals surface area contributed by atoms with Gasteiger partial charge in [-0.2, -0.15) is 0 Å². The first-order chi connectivity index (χ1) is 4.35. The summed E-state index contributed by atoms with van der Waals surface area (Å²) in [5.41, 5.74) is 0. The van der Waals surface area contributed by atoms with Crippen molar-refractivity contribution >= 4 is 39.3 Å². The van der Waals surface area contributed by atoms with Crippen LogP contribution in [0.15, 0.2) is 0 Å². The summed E-state index contributed by atoms with van der Waals surface area (Å²) in [7, 11) is 0. The molecule has 0 spiro atoms. The first-order valence-electron chi connectivity index (χ1n) is 2.65. The Hall–Kier alpha value is 0.650. The highest BCUT2D eigenvalue weighted by Crippen LogP contribution is 2.56. The van der Waals surface area contributed by atoms with Crippen molar-refractivity contribution in [3.63, 3.8) is 0 Å². The van der Waals surface area contributed by atoms with Crippen LogP contribution in [0.3, 0.4) is 0 Å². The van der Waals surface area contributed by atoms with E-state index in [2.05, 4.69) is 12.2 Å². The lowest BCUT2D eigenvalue weighted by atomic mass is 10.3. The van der Waals surface area contributed by atoms with Gasteiger partial charge in [0, 0.05) is 0 Å². The Morgan fingerprint density at radius 3 is 1.60 bits per heavy atom. The highest BCUT2D eigenvalue weighted by Gasteiger charge is 2.54. The summed E-state index contributed by atoms with van der Waals surface area (Å²) in [6.45, 7) is 2.42. The minimum atomic E-state index is -1.87. The second-order valence-electron chi connectivity index (χ2n) is 2.29. The standard InChI is InChI=1S/C5H6F2S3/c1-4(6)5(2,7)10-3(8)9-4/h1-2H3. The van der Waals surface area contributed by atoms with Crippen molar-refractivity contribution in [2.24, 2.45) is 0 Å². The van der Waals surface area contributed by atoms with Crippen molar-refractivity contribution in [3.8, 4) is 0 Å². The number of hydrogen-bond donors (Lipinski definition) is 0. The fraction of sp³-hybridized carbons (Fsp3) is 0.800. The summed E-state index contributed by atoms with van der Waals surface area (Å²) in [5.74, 6) is 0. The molecule has 0 N–H and O–H groups in total. The number of rotatable bonds is 0. The molecule has 1 saturated heterocycles. The maximum Gasteiger partial charge on any atom is 0.202 e. The van der Waals surface area contributed by atoms with Crippen LogP contribution < -0.4 is 0 Å². The number of thiocarbonyl (C=S) groups is 1. The molecule has 0 aromatic carbocycles. The van der Waals surface area contributed by atoms with E-state index in [-0.39, 0.29) is 0 Å². The topological polar surface area (TPSA) is 0 Å². The molecule has 0 aliphatic carbocycles. The molecule has 1 aliphatic heterocycles. The molecule has 0 aromatic rings. The molecular weight excluding hydrogens is 194 g/mol. The third-order valence-corrected chi connectivity index (χ3v) is 4.34. The summed E-state index contributed by atoms with van der Waals surface area (Å²) in [6.07, 6.45) is 0. The summed E-state index contributed by atoms with van der Waals surface area (Å²) < 4.78 is 26.6. The average Bonchev–Trinajstić information content (AvgIpc) is 1.73. The van der Waals surface area contributed by atoms with Crippen molar-refractivity contribution in [1.29, 1.82) is 0 Å². The number of thioether (sulfide) groups is 2. The second-order valence-corrected chi connectivity index (χ2v) is 6.23. The van der Waals surface area contributed by atoms with Gasteiger partial charge in [-0.25, -0.2) is 8.78 Å². The maximum absolute atomic E-state index is 13.1. The van der Waals surface area contributed by atoms with Crippen LogP contribution in [-0.4, -0.2) is 13.5 Å². The zero-order valence-corrected chi connectivity index (χ0v) is 7.93. The predicted molar refractivity (Wildman–Crippen MR) is 46.8 cm³/mol. The summed E-state index contributed by atoms with van der Waals surface area (Å²) >= 11 is 6.23. The van der Waals surface area contributed by atoms with Gasteiger partial charge < -0.3 is 0 Å². The Morgan fingerprint density at radius 1 is 1.20 bits per heavy atom. The average molecular weight is 200 g/mol. The van der Waals surface area contributed by atoms with Crippen LogP contribution >= 0.6 is 35.7 Å². The molecule has 0 amide bonds. The van der Waals surface area contributed by atoms with E-state index in [1.165, 1.54) is 13.8 Å². The van der Waals surface area contributed by atoms with E-state index in [0.717, 1.165) is 23.5 Å². The molecule has 1 heterocycles. The number of hydrogen-bond acceptors (Lipinski definition) is 3. The van der Waals surface area contributed by atoms with E-state index in [1.54, 1.807) is 0 Å². The quantitative estimate of drug-likeness (QED) is 0.551. The molecular formula is C5H6F2S3. The smallest absolute Gasteiger partial charge is 0.202 e. The molecule has 1 rings (SSSR count).